The first-order chi connectivity index (χ1) is 7.87. The van der Waals surface area contributed by atoms with Crippen molar-refractivity contribution in [1.82, 2.24) is 0 Å². The van der Waals surface area contributed by atoms with Gasteiger partial charge in [0.1, 0.15) is 0 Å². The maximum absolute atomic E-state index is 11.1. The first-order valence-electron chi connectivity index (χ1n) is 6.65. The van der Waals surface area contributed by atoms with Crippen LogP contribution in [0.1, 0.15) is 45.6 Å². The molecule has 2 bridgehead atoms. The Bertz CT molecular complexity index is 436. The molecule has 1 aromatic carbocycles. The lowest BCUT2D eigenvalue weighted by Crippen LogP contribution is -2.43. The van der Waals surface area contributed by atoms with E-state index in [9.17, 15) is 5.11 Å². The van der Waals surface area contributed by atoms with Gasteiger partial charge in [-0.15, -0.1) is 0 Å². The van der Waals surface area contributed by atoms with Crippen molar-refractivity contribution < 1.29 is 5.11 Å². The van der Waals surface area contributed by atoms with Crippen molar-refractivity contribution in [3.05, 3.63) is 35.9 Å². The molecular formula is C16H22O. The van der Waals surface area contributed by atoms with Gasteiger partial charge in [0, 0.05) is 5.41 Å². The fourth-order valence-corrected chi connectivity index (χ4v) is 4.49. The Morgan fingerprint density at radius 3 is 2.18 bits per heavy atom. The van der Waals surface area contributed by atoms with Gasteiger partial charge in [0.2, 0.25) is 0 Å². The van der Waals surface area contributed by atoms with Gasteiger partial charge in [-0.25, -0.2) is 0 Å². The van der Waals surface area contributed by atoms with E-state index >= 15 is 0 Å². The van der Waals surface area contributed by atoms with E-state index in [0.717, 1.165) is 18.4 Å². The number of rotatable bonds is 1. The average molecular weight is 230 g/mol. The van der Waals surface area contributed by atoms with E-state index in [0.29, 0.717) is 11.3 Å². The largest absolute Gasteiger partial charge is 0.385 e. The Kier molecular flexibility index (Phi) is 2.08. The molecule has 0 amide bonds. The summed E-state index contributed by atoms with van der Waals surface area (Å²) in [6, 6.07) is 10.3. The zero-order valence-electron chi connectivity index (χ0n) is 11.0. The first kappa shape index (κ1) is 11.3. The lowest BCUT2D eigenvalue weighted by Gasteiger charge is -2.46. The van der Waals surface area contributed by atoms with Crippen LogP contribution in [-0.2, 0) is 5.60 Å². The predicted octanol–water partition coefficient (Wildman–Crippen LogP) is 3.72. The molecule has 0 radical (unpaired) electrons. The molecule has 2 aliphatic carbocycles. The van der Waals surface area contributed by atoms with Gasteiger partial charge in [0.05, 0.1) is 5.60 Å². The zero-order chi connectivity index (χ0) is 12.3. The van der Waals surface area contributed by atoms with Gasteiger partial charge in [0.25, 0.3) is 0 Å². The molecular weight excluding hydrogens is 208 g/mol. The van der Waals surface area contributed by atoms with Crippen molar-refractivity contribution in [2.24, 2.45) is 16.7 Å². The normalized spacial score (nSPS) is 42.9. The van der Waals surface area contributed by atoms with E-state index in [1.807, 2.05) is 18.2 Å². The molecule has 2 fully saturated rings. The van der Waals surface area contributed by atoms with Crippen LogP contribution in [0.15, 0.2) is 30.3 Å². The van der Waals surface area contributed by atoms with Gasteiger partial charge in [0.15, 0.2) is 0 Å². The second-order valence-electron chi connectivity index (χ2n) is 7.06. The smallest absolute Gasteiger partial charge is 0.0952 e. The number of fused-ring (bicyclic) bond motifs is 2. The van der Waals surface area contributed by atoms with Crippen LogP contribution in [0.4, 0.5) is 0 Å². The van der Waals surface area contributed by atoms with Crippen molar-refractivity contribution in [1.29, 1.82) is 0 Å². The van der Waals surface area contributed by atoms with E-state index in [1.54, 1.807) is 0 Å². The quantitative estimate of drug-likeness (QED) is 0.779. The number of benzene rings is 1. The Hall–Kier alpha value is -0.820. The molecule has 17 heavy (non-hydrogen) atoms. The van der Waals surface area contributed by atoms with Crippen LogP contribution >= 0.6 is 0 Å². The summed E-state index contributed by atoms with van der Waals surface area (Å²) < 4.78 is 0. The molecule has 0 aliphatic heterocycles. The van der Waals surface area contributed by atoms with Crippen LogP contribution in [0.25, 0.3) is 0 Å². The van der Waals surface area contributed by atoms with Crippen LogP contribution in [-0.4, -0.2) is 5.11 Å². The second kappa shape index (κ2) is 3.14. The molecule has 1 heteroatoms. The molecule has 2 saturated carbocycles. The Labute approximate surface area is 104 Å². The summed E-state index contributed by atoms with van der Waals surface area (Å²) in [5, 5.41) is 11.1. The average Bonchev–Trinajstić information content (AvgIpc) is 2.65. The van der Waals surface area contributed by atoms with Crippen LogP contribution in [0.3, 0.4) is 0 Å². The maximum atomic E-state index is 11.1. The Morgan fingerprint density at radius 1 is 1.06 bits per heavy atom. The minimum Gasteiger partial charge on any atom is -0.385 e. The topological polar surface area (TPSA) is 20.2 Å². The summed E-state index contributed by atoms with van der Waals surface area (Å²) in [6.45, 7) is 6.98. The van der Waals surface area contributed by atoms with Gasteiger partial charge in [-0.2, -0.15) is 0 Å². The van der Waals surface area contributed by atoms with Crippen LogP contribution in [0, 0.1) is 16.7 Å². The fourth-order valence-electron chi connectivity index (χ4n) is 4.49. The summed E-state index contributed by atoms with van der Waals surface area (Å²) in [4.78, 5) is 0. The molecule has 92 valence electrons. The molecule has 1 N–H and O–H groups in total. The highest BCUT2D eigenvalue weighted by atomic mass is 16.3. The highest BCUT2D eigenvalue weighted by Gasteiger charge is 2.64. The predicted molar refractivity (Wildman–Crippen MR) is 69.6 cm³/mol. The number of hydrogen-bond acceptors (Lipinski definition) is 1. The lowest BCUT2D eigenvalue weighted by molar-refractivity contribution is -0.0926. The third-order valence-electron chi connectivity index (χ3n) is 5.44. The van der Waals surface area contributed by atoms with E-state index in [2.05, 4.69) is 32.9 Å². The van der Waals surface area contributed by atoms with Gasteiger partial charge >= 0.3 is 0 Å². The Morgan fingerprint density at radius 2 is 1.71 bits per heavy atom. The van der Waals surface area contributed by atoms with Crippen LogP contribution < -0.4 is 0 Å². The molecule has 0 spiro atoms. The molecule has 2 aliphatic rings. The standard InChI is InChI=1S/C16H22O/c1-14(2)11-15(3)9-13(14)10-16(15,17)12-7-5-4-6-8-12/h4-8,13,17H,9-11H2,1-3H3/t13-,15+,16+/m1/s1. The zero-order valence-corrected chi connectivity index (χ0v) is 11.0. The van der Waals surface area contributed by atoms with Gasteiger partial charge < -0.3 is 5.11 Å². The SMILES string of the molecule is CC1(C)C[C@]2(C)C[C@@H]1C[C@]2(O)c1ccccc1. The summed E-state index contributed by atoms with van der Waals surface area (Å²) in [7, 11) is 0. The Balaban J connectivity index is 2.03. The van der Waals surface area contributed by atoms with Crippen LogP contribution in [0.2, 0.25) is 0 Å². The summed E-state index contributed by atoms with van der Waals surface area (Å²) in [5.41, 5.74) is 0.965. The number of aliphatic hydroxyl groups is 1. The van der Waals surface area contributed by atoms with Crippen molar-refractivity contribution in [2.45, 2.75) is 45.6 Å². The summed E-state index contributed by atoms with van der Waals surface area (Å²) >= 11 is 0. The summed E-state index contributed by atoms with van der Waals surface area (Å²) in [5.74, 6) is 0.665. The van der Waals surface area contributed by atoms with E-state index in [-0.39, 0.29) is 5.41 Å². The molecule has 1 aromatic rings. The van der Waals surface area contributed by atoms with E-state index < -0.39 is 5.60 Å². The molecule has 3 rings (SSSR count). The van der Waals surface area contributed by atoms with Crippen molar-refractivity contribution in [3.63, 3.8) is 0 Å². The minimum atomic E-state index is -0.603. The third kappa shape index (κ3) is 1.35. The molecule has 0 aromatic heterocycles. The van der Waals surface area contributed by atoms with Gasteiger partial charge in [-0.3, -0.25) is 0 Å². The second-order valence-corrected chi connectivity index (χ2v) is 7.06. The van der Waals surface area contributed by atoms with Gasteiger partial charge in [-0.05, 0) is 36.2 Å². The van der Waals surface area contributed by atoms with E-state index in [1.165, 1.54) is 6.42 Å². The van der Waals surface area contributed by atoms with Crippen molar-refractivity contribution >= 4 is 0 Å². The molecule has 1 nitrogen and oxygen atoms in total. The molecule has 0 saturated heterocycles. The van der Waals surface area contributed by atoms with E-state index in [4.69, 9.17) is 0 Å². The highest BCUT2D eigenvalue weighted by Crippen LogP contribution is 2.69. The van der Waals surface area contributed by atoms with Crippen molar-refractivity contribution in [2.75, 3.05) is 0 Å². The monoisotopic (exact) mass is 230 g/mol. The number of hydrogen-bond donors (Lipinski definition) is 1. The van der Waals surface area contributed by atoms with Crippen molar-refractivity contribution in [3.8, 4) is 0 Å². The third-order valence-corrected chi connectivity index (χ3v) is 5.44. The summed E-state index contributed by atoms with van der Waals surface area (Å²) in [6.07, 6.45) is 3.24. The van der Waals surface area contributed by atoms with Crippen LogP contribution in [0.5, 0.6) is 0 Å². The maximum Gasteiger partial charge on any atom is 0.0952 e. The lowest BCUT2D eigenvalue weighted by atomic mass is 9.63. The molecule has 3 atom stereocenters. The fraction of sp³-hybridized carbons (Fsp3) is 0.625. The highest BCUT2D eigenvalue weighted by molar-refractivity contribution is 5.30. The first-order valence-corrected chi connectivity index (χ1v) is 6.65. The van der Waals surface area contributed by atoms with Gasteiger partial charge in [-0.1, -0.05) is 51.1 Å². The molecule has 0 heterocycles. The minimum absolute atomic E-state index is 0.0581. The molecule has 0 unspecified atom stereocenters.